The van der Waals surface area contributed by atoms with Crippen LogP contribution in [0.2, 0.25) is 5.02 Å². The second-order valence-electron chi connectivity index (χ2n) is 4.22. The fourth-order valence-electron chi connectivity index (χ4n) is 1.71. The molecule has 4 nitrogen and oxygen atoms in total. The van der Waals surface area contributed by atoms with Crippen molar-refractivity contribution in [2.45, 2.75) is 20.0 Å². The highest BCUT2D eigenvalue weighted by Crippen LogP contribution is 2.15. The molecule has 0 fully saturated rings. The lowest BCUT2D eigenvalue weighted by Gasteiger charge is -2.21. The second kappa shape index (κ2) is 8.15. The van der Waals surface area contributed by atoms with Crippen molar-refractivity contribution in [1.82, 2.24) is 4.90 Å². The number of halogens is 1. The molecule has 0 saturated heterocycles. The molecule has 1 N–H and O–H groups in total. The number of rotatable bonds is 7. The molecule has 19 heavy (non-hydrogen) atoms. The van der Waals surface area contributed by atoms with Gasteiger partial charge >= 0.3 is 5.97 Å². The van der Waals surface area contributed by atoms with Gasteiger partial charge in [0.1, 0.15) is 12.7 Å². The molecule has 0 amide bonds. The van der Waals surface area contributed by atoms with Crippen molar-refractivity contribution in [2.24, 2.45) is 0 Å². The number of likely N-dealkylation sites (N-methyl/N-ethyl adjacent to an activating group) is 1. The Morgan fingerprint density at radius 1 is 1.37 bits per heavy atom. The first kappa shape index (κ1) is 16.0. The molecule has 0 radical (unpaired) electrons. The van der Waals surface area contributed by atoms with Crippen LogP contribution in [0.5, 0.6) is 0 Å². The van der Waals surface area contributed by atoms with Crippen molar-refractivity contribution in [2.75, 3.05) is 26.2 Å². The smallest absolute Gasteiger partial charge is 0.339 e. The average Bonchev–Trinajstić information content (AvgIpc) is 2.42. The number of nitrogens with zero attached hydrogens (tertiary/aromatic N) is 1. The van der Waals surface area contributed by atoms with Crippen LogP contribution in [0.1, 0.15) is 24.2 Å². The van der Waals surface area contributed by atoms with Crippen LogP contribution in [0, 0.1) is 0 Å². The van der Waals surface area contributed by atoms with Crippen LogP contribution in [-0.4, -0.2) is 48.3 Å². The summed E-state index contributed by atoms with van der Waals surface area (Å²) in [6, 6.07) is 6.69. The normalized spacial score (nSPS) is 12.5. The summed E-state index contributed by atoms with van der Waals surface area (Å²) in [4.78, 5) is 13.8. The first-order valence-electron chi connectivity index (χ1n) is 6.40. The van der Waals surface area contributed by atoms with Crippen molar-refractivity contribution < 1.29 is 14.6 Å². The van der Waals surface area contributed by atoms with E-state index >= 15 is 0 Å². The first-order chi connectivity index (χ1) is 9.08. The van der Waals surface area contributed by atoms with Gasteiger partial charge in [0.15, 0.2) is 0 Å². The summed E-state index contributed by atoms with van der Waals surface area (Å²) < 4.78 is 5.06. The lowest BCUT2D eigenvalue weighted by Crippen LogP contribution is -2.35. The highest BCUT2D eigenvalue weighted by molar-refractivity contribution is 6.33. The minimum absolute atomic E-state index is 0.0272. The summed E-state index contributed by atoms with van der Waals surface area (Å²) in [5.74, 6) is -0.510. The summed E-state index contributed by atoms with van der Waals surface area (Å²) in [5.41, 5.74) is 0.319. The van der Waals surface area contributed by atoms with Crippen molar-refractivity contribution in [3.8, 4) is 0 Å². The predicted octanol–water partition coefficient (Wildman–Crippen LogP) is 2.20. The maximum atomic E-state index is 11.8. The van der Waals surface area contributed by atoms with E-state index in [1.54, 1.807) is 24.3 Å². The van der Waals surface area contributed by atoms with Crippen LogP contribution in [0.3, 0.4) is 0 Å². The number of hydrogen-bond donors (Lipinski definition) is 1. The van der Waals surface area contributed by atoms with Crippen LogP contribution in [-0.2, 0) is 4.74 Å². The van der Waals surface area contributed by atoms with Crippen LogP contribution < -0.4 is 0 Å². The molecule has 1 atom stereocenters. The summed E-state index contributed by atoms with van der Waals surface area (Å²) in [6.45, 7) is 6.21. The number of aliphatic hydroxyl groups is 1. The van der Waals surface area contributed by atoms with Gasteiger partial charge in [0.25, 0.3) is 0 Å². The molecule has 0 spiro atoms. The van der Waals surface area contributed by atoms with Gasteiger partial charge in [0, 0.05) is 6.54 Å². The Hall–Kier alpha value is -1.10. The van der Waals surface area contributed by atoms with Gasteiger partial charge in [-0.3, -0.25) is 0 Å². The van der Waals surface area contributed by atoms with E-state index in [1.807, 2.05) is 13.8 Å². The summed E-state index contributed by atoms with van der Waals surface area (Å²) in [7, 11) is 0. The fraction of sp³-hybridized carbons (Fsp3) is 0.500. The van der Waals surface area contributed by atoms with E-state index in [1.165, 1.54) is 0 Å². The van der Waals surface area contributed by atoms with E-state index in [4.69, 9.17) is 16.3 Å². The monoisotopic (exact) mass is 285 g/mol. The molecule has 5 heteroatoms. The van der Waals surface area contributed by atoms with Gasteiger partial charge in [-0.15, -0.1) is 0 Å². The maximum absolute atomic E-state index is 11.8. The molecule has 0 heterocycles. The first-order valence-corrected chi connectivity index (χ1v) is 6.78. The topological polar surface area (TPSA) is 49.8 Å². The van der Waals surface area contributed by atoms with E-state index in [0.717, 1.165) is 13.1 Å². The van der Waals surface area contributed by atoms with Crippen molar-refractivity contribution in [1.29, 1.82) is 0 Å². The quantitative estimate of drug-likeness (QED) is 0.780. The minimum Gasteiger partial charge on any atom is -0.459 e. The third-order valence-corrected chi connectivity index (χ3v) is 3.19. The zero-order chi connectivity index (χ0) is 14.3. The lowest BCUT2D eigenvalue weighted by molar-refractivity contribution is 0.0167. The Balaban J connectivity index is 2.44. The third kappa shape index (κ3) is 5.19. The van der Waals surface area contributed by atoms with E-state index < -0.39 is 12.1 Å². The van der Waals surface area contributed by atoms with E-state index in [2.05, 4.69) is 4.90 Å². The maximum Gasteiger partial charge on any atom is 0.339 e. The molecule has 1 unspecified atom stereocenters. The molecule has 0 aromatic heterocycles. The van der Waals surface area contributed by atoms with Crippen LogP contribution in [0.25, 0.3) is 0 Å². The molecule has 0 saturated carbocycles. The fourth-order valence-corrected chi connectivity index (χ4v) is 1.92. The Labute approximate surface area is 118 Å². The number of carbonyl (C=O) groups is 1. The largest absolute Gasteiger partial charge is 0.459 e. The zero-order valence-corrected chi connectivity index (χ0v) is 12.1. The van der Waals surface area contributed by atoms with Crippen LogP contribution in [0.4, 0.5) is 0 Å². The Morgan fingerprint density at radius 2 is 2.00 bits per heavy atom. The highest BCUT2D eigenvalue weighted by Gasteiger charge is 2.15. The molecule has 0 bridgehead atoms. The molecule has 1 aromatic rings. The third-order valence-electron chi connectivity index (χ3n) is 2.86. The van der Waals surface area contributed by atoms with Crippen LogP contribution >= 0.6 is 11.6 Å². The lowest BCUT2D eigenvalue weighted by atomic mass is 10.2. The van der Waals surface area contributed by atoms with Gasteiger partial charge in [-0.1, -0.05) is 37.6 Å². The van der Waals surface area contributed by atoms with E-state index in [9.17, 15) is 9.90 Å². The predicted molar refractivity (Wildman–Crippen MR) is 75.5 cm³/mol. The number of benzene rings is 1. The Kier molecular flexibility index (Phi) is 6.84. The summed E-state index contributed by atoms with van der Waals surface area (Å²) >= 11 is 5.89. The van der Waals surface area contributed by atoms with E-state index in [0.29, 0.717) is 17.1 Å². The second-order valence-corrected chi connectivity index (χ2v) is 4.63. The summed E-state index contributed by atoms with van der Waals surface area (Å²) in [5, 5.41) is 10.1. The van der Waals surface area contributed by atoms with Gasteiger partial charge in [-0.05, 0) is 25.2 Å². The van der Waals surface area contributed by atoms with Crippen molar-refractivity contribution in [3.05, 3.63) is 34.9 Å². The average molecular weight is 286 g/mol. The van der Waals surface area contributed by atoms with Gasteiger partial charge in [0.2, 0.25) is 0 Å². The molecule has 0 aliphatic rings. The van der Waals surface area contributed by atoms with Crippen LogP contribution in [0.15, 0.2) is 24.3 Å². The summed E-state index contributed by atoms with van der Waals surface area (Å²) in [6.07, 6.45) is -0.689. The molecule has 1 aromatic carbocycles. The number of esters is 1. The minimum atomic E-state index is -0.689. The molecule has 106 valence electrons. The van der Waals surface area contributed by atoms with Crippen molar-refractivity contribution in [3.63, 3.8) is 0 Å². The molecular formula is C14H20ClNO3. The number of carbonyl (C=O) groups excluding carboxylic acids is 1. The number of hydrogen-bond acceptors (Lipinski definition) is 4. The van der Waals surface area contributed by atoms with Crippen molar-refractivity contribution >= 4 is 17.6 Å². The number of aliphatic hydroxyl groups excluding tert-OH is 1. The molecule has 1 rings (SSSR count). The standard InChI is InChI=1S/C14H20ClNO3/c1-3-16(4-2)9-11(17)10-19-14(18)12-7-5-6-8-13(12)15/h5-8,11,17H,3-4,9-10H2,1-2H3. The van der Waals surface area contributed by atoms with Gasteiger partial charge < -0.3 is 14.7 Å². The highest BCUT2D eigenvalue weighted by atomic mass is 35.5. The van der Waals surface area contributed by atoms with Gasteiger partial charge in [-0.2, -0.15) is 0 Å². The molecular weight excluding hydrogens is 266 g/mol. The van der Waals surface area contributed by atoms with Gasteiger partial charge in [0.05, 0.1) is 10.6 Å². The Bertz CT molecular complexity index is 407. The molecule has 0 aliphatic carbocycles. The molecule has 0 aliphatic heterocycles. The van der Waals surface area contributed by atoms with E-state index in [-0.39, 0.29) is 6.61 Å². The van der Waals surface area contributed by atoms with Gasteiger partial charge in [-0.25, -0.2) is 4.79 Å². The Morgan fingerprint density at radius 3 is 2.58 bits per heavy atom. The zero-order valence-electron chi connectivity index (χ0n) is 11.3. The number of ether oxygens (including phenoxy) is 1. The SMILES string of the molecule is CCN(CC)CC(O)COC(=O)c1ccccc1Cl.